The van der Waals surface area contributed by atoms with Crippen molar-refractivity contribution in [3.8, 4) is 0 Å². The number of halogens is 4. The zero-order valence-electron chi connectivity index (χ0n) is 11.2. The van der Waals surface area contributed by atoms with Gasteiger partial charge in [-0.2, -0.15) is 13.2 Å². The van der Waals surface area contributed by atoms with Gasteiger partial charge in [-0.15, -0.1) is 0 Å². The molecule has 0 aliphatic heterocycles. The molecule has 0 heterocycles. The number of alkyl halides is 3. The lowest BCUT2D eigenvalue weighted by Gasteiger charge is -2.18. The van der Waals surface area contributed by atoms with Crippen molar-refractivity contribution in [1.82, 2.24) is 5.32 Å². The van der Waals surface area contributed by atoms with Gasteiger partial charge in [-0.25, -0.2) is 4.39 Å². The summed E-state index contributed by atoms with van der Waals surface area (Å²) in [6, 6.07) is 2.78. The fourth-order valence-corrected chi connectivity index (χ4v) is 2.69. The van der Waals surface area contributed by atoms with E-state index in [-0.39, 0.29) is 6.04 Å². The van der Waals surface area contributed by atoms with Crippen molar-refractivity contribution >= 4 is 5.91 Å². The molecule has 2 aliphatic rings. The lowest BCUT2D eigenvalue weighted by Crippen LogP contribution is -2.38. The average Bonchev–Trinajstić information content (AvgIpc) is 3.27. The molecule has 0 bridgehead atoms. The summed E-state index contributed by atoms with van der Waals surface area (Å²) in [4.78, 5) is 12.1. The topological polar surface area (TPSA) is 29.1 Å². The van der Waals surface area contributed by atoms with Gasteiger partial charge in [0.25, 0.3) is 5.91 Å². The van der Waals surface area contributed by atoms with Gasteiger partial charge in [-0.05, 0) is 49.7 Å². The van der Waals surface area contributed by atoms with Gasteiger partial charge in [0.05, 0.1) is 11.1 Å². The van der Waals surface area contributed by atoms with E-state index >= 15 is 0 Å². The Kier molecular flexibility index (Phi) is 3.42. The molecule has 0 radical (unpaired) electrons. The van der Waals surface area contributed by atoms with E-state index in [1.807, 2.05) is 0 Å². The Morgan fingerprint density at radius 3 is 2.19 bits per heavy atom. The maximum absolute atomic E-state index is 13.9. The molecule has 114 valence electrons. The third-order valence-corrected chi connectivity index (χ3v) is 4.11. The molecule has 2 fully saturated rings. The first-order chi connectivity index (χ1) is 9.88. The van der Waals surface area contributed by atoms with Crippen LogP contribution in [-0.2, 0) is 6.18 Å². The van der Waals surface area contributed by atoms with Crippen LogP contribution in [0.5, 0.6) is 0 Å². The van der Waals surface area contributed by atoms with Gasteiger partial charge in [-0.1, -0.05) is 6.07 Å². The van der Waals surface area contributed by atoms with Crippen LogP contribution in [0, 0.1) is 17.7 Å². The van der Waals surface area contributed by atoms with Crippen molar-refractivity contribution in [2.45, 2.75) is 37.9 Å². The molecule has 0 aromatic heterocycles. The fourth-order valence-electron chi connectivity index (χ4n) is 2.69. The van der Waals surface area contributed by atoms with E-state index in [4.69, 9.17) is 0 Å². The van der Waals surface area contributed by atoms with Crippen LogP contribution >= 0.6 is 0 Å². The molecular formula is C15H15F4NO. The first-order valence-electron chi connectivity index (χ1n) is 7.04. The van der Waals surface area contributed by atoms with Crippen LogP contribution in [0.4, 0.5) is 17.6 Å². The van der Waals surface area contributed by atoms with Crippen LogP contribution in [0.3, 0.4) is 0 Å². The van der Waals surface area contributed by atoms with Crippen LogP contribution in [0.1, 0.15) is 41.6 Å². The fraction of sp³-hybridized carbons (Fsp3) is 0.533. The summed E-state index contributed by atoms with van der Waals surface area (Å²) < 4.78 is 51.9. The van der Waals surface area contributed by atoms with Crippen molar-refractivity contribution in [1.29, 1.82) is 0 Å². The van der Waals surface area contributed by atoms with Gasteiger partial charge in [0, 0.05) is 6.04 Å². The number of hydrogen-bond acceptors (Lipinski definition) is 1. The monoisotopic (exact) mass is 301 g/mol. The molecule has 1 amide bonds. The second kappa shape index (κ2) is 5.00. The van der Waals surface area contributed by atoms with Gasteiger partial charge in [0.2, 0.25) is 0 Å². The van der Waals surface area contributed by atoms with E-state index < -0.39 is 29.0 Å². The van der Waals surface area contributed by atoms with Crippen molar-refractivity contribution < 1.29 is 22.4 Å². The summed E-state index contributed by atoms with van der Waals surface area (Å²) in [5, 5.41) is 2.73. The zero-order valence-corrected chi connectivity index (χ0v) is 11.2. The Hall–Kier alpha value is -1.59. The summed E-state index contributed by atoms with van der Waals surface area (Å²) in [6.07, 6.45) is -0.717. The van der Waals surface area contributed by atoms with Crippen molar-refractivity contribution in [3.05, 3.63) is 35.1 Å². The van der Waals surface area contributed by atoms with Crippen molar-refractivity contribution in [3.63, 3.8) is 0 Å². The summed E-state index contributed by atoms with van der Waals surface area (Å²) in [6.45, 7) is 0. The molecule has 0 saturated heterocycles. The number of amides is 1. The molecule has 3 rings (SSSR count). The molecule has 1 N–H and O–H groups in total. The van der Waals surface area contributed by atoms with E-state index in [1.165, 1.54) is 0 Å². The first kappa shape index (κ1) is 14.4. The minimum absolute atomic E-state index is 0.0218. The molecule has 0 atom stereocenters. The molecule has 6 heteroatoms. The van der Waals surface area contributed by atoms with Gasteiger partial charge in [0.15, 0.2) is 0 Å². The van der Waals surface area contributed by atoms with Gasteiger partial charge in [-0.3, -0.25) is 4.79 Å². The van der Waals surface area contributed by atoms with Crippen LogP contribution < -0.4 is 5.32 Å². The van der Waals surface area contributed by atoms with E-state index in [2.05, 4.69) is 5.32 Å². The molecule has 21 heavy (non-hydrogen) atoms. The Labute approximate surface area is 119 Å². The third-order valence-electron chi connectivity index (χ3n) is 4.11. The predicted molar refractivity (Wildman–Crippen MR) is 68.1 cm³/mol. The number of benzene rings is 1. The standard InChI is InChI=1S/C15H15F4NO/c16-12-10(2-1-3-11(12)15(17,18)19)14(21)20-13(8-4-5-8)9-6-7-9/h1-3,8-9,13H,4-7H2,(H,20,21). The normalized spacial score (nSPS) is 18.9. The highest BCUT2D eigenvalue weighted by molar-refractivity contribution is 5.95. The Balaban J connectivity index is 1.81. The number of rotatable bonds is 4. The highest BCUT2D eigenvalue weighted by atomic mass is 19.4. The molecule has 0 unspecified atom stereocenters. The number of hydrogen-bond donors (Lipinski definition) is 1. The lowest BCUT2D eigenvalue weighted by atomic mass is 10.0. The van der Waals surface area contributed by atoms with Crippen LogP contribution in [0.15, 0.2) is 18.2 Å². The Bertz CT molecular complexity index is 549. The summed E-state index contributed by atoms with van der Waals surface area (Å²) in [7, 11) is 0. The third kappa shape index (κ3) is 3.04. The smallest absolute Gasteiger partial charge is 0.349 e. The highest BCUT2D eigenvalue weighted by Gasteiger charge is 2.43. The van der Waals surface area contributed by atoms with Gasteiger partial charge in [0.1, 0.15) is 5.82 Å². The van der Waals surface area contributed by atoms with E-state index in [1.54, 1.807) is 0 Å². The largest absolute Gasteiger partial charge is 0.419 e. The van der Waals surface area contributed by atoms with Gasteiger partial charge >= 0.3 is 6.18 Å². The average molecular weight is 301 g/mol. The van der Waals surface area contributed by atoms with E-state index in [9.17, 15) is 22.4 Å². The van der Waals surface area contributed by atoms with Crippen LogP contribution in [0.25, 0.3) is 0 Å². The summed E-state index contributed by atoms with van der Waals surface area (Å²) >= 11 is 0. The highest BCUT2D eigenvalue weighted by Crippen LogP contribution is 2.44. The molecule has 2 nitrogen and oxygen atoms in total. The maximum atomic E-state index is 13.9. The second-order valence-electron chi connectivity index (χ2n) is 5.84. The minimum Gasteiger partial charge on any atom is -0.349 e. The van der Waals surface area contributed by atoms with Crippen molar-refractivity contribution in [2.24, 2.45) is 11.8 Å². The van der Waals surface area contributed by atoms with E-state index in [0.717, 1.165) is 37.8 Å². The molecule has 0 spiro atoms. The maximum Gasteiger partial charge on any atom is 0.419 e. The molecule has 1 aromatic carbocycles. The summed E-state index contributed by atoms with van der Waals surface area (Å²) in [5.74, 6) is -1.44. The Morgan fingerprint density at radius 1 is 1.14 bits per heavy atom. The van der Waals surface area contributed by atoms with Crippen LogP contribution in [0.2, 0.25) is 0 Å². The number of carbonyl (C=O) groups excluding carboxylic acids is 1. The van der Waals surface area contributed by atoms with Crippen LogP contribution in [-0.4, -0.2) is 11.9 Å². The van der Waals surface area contributed by atoms with Crippen molar-refractivity contribution in [2.75, 3.05) is 0 Å². The summed E-state index contributed by atoms with van der Waals surface area (Å²) in [5.41, 5.74) is -1.93. The molecule has 1 aromatic rings. The lowest BCUT2D eigenvalue weighted by molar-refractivity contribution is -0.140. The van der Waals surface area contributed by atoms with E-state index in [0.29, 0.717) is 17.9 Å². The quantitative estimate of drug-likeness (QED) is 0.843. The Morgan fingerprint density at radius 2 is 1.71 bits per heavy atom. The predicted octanol–water partition coefficient (Wildman–Crippen LogP) is 3.76. The van der Waals surface area contributed by atoms with Gasteiger partial charge < -0.3 is 5.32 Å². The molecule has 2 saturated carbocycles. The SMILES string of the molecule is O=C(NC(C1CC1)C1CC1)c1cccc(C(F)(F)F)c1F. The number of nitrogens with one attached hydrogen (secondary N) is 1. The molecular weight excluding hydrogens is 286 g/mol. The molecule has 2 aliphatic carbocycles. The first-order valence-corrected chi connectivity index (χ1v) is 7.04. The minimum atomic E-state index is -4.80. The zero-order chi connectivity index (χ0) is 15.2. The number of carbonyl (C=O) groups is 1. The second-order valence-corrected chi connectivity index (χ2v) is 5.84.